The Labute approximate surface area is 139 Å². The van der Waals surface area contributed by atoms with Crippen molar-refractivity contribution in [1.29, 1.82) is 0 Å². The monoisotopic (exact) mass is 324 g/mol. The number of amides is 1. The highest BCUT2D eigenvalue weighted by molar-refractivity contribution is 5.82. The van der Waals surface area contributed by atoms with Crippen molar-refractivity contribution in [2.45, 2.75) is 79.0 Å². The van der Waals surface area contributed by atoms with Crippen LogP contribution in [0, 0.1) is 22.7 Å². The first-order valence-corrected chi connectivity index (χ1v) is 8.55. The van der Waals surface area contributed by atoms with Gasteiger partial charge in [-0.15, -0.1) is 0 Å². The van der Waals surface area contributed by atoms with Gasteiger partial charge in [-0.1, -0.05) is 27.7 Å². The van der Waals surface area contributed by atoms with Gasteiger partial charge in [0.15, 0.2) is 0 Å². The van der Waals surface area contributed by atoms with Gasteiger partial charge < -0.3 is 15.8 Å². The summed E-state index contributed by atoms with van der Waals surface area (Å²) in [7, 11) is 0. The zero-order valence-electron chi connectivity index (χ0n) is 15.5. The van der Waals surface area contributed by atoms with E-state index in [1.54, 1.807) is 0 Å². The number of hydrogen-bond acceptors (Lipinski definition) is 4. The van der Waals surface area contributed by atoms with Crippen LogP contribution in [0.15, 0.2) is 0 Å². The molecule has 0 unspecified atom stereocenters. The van der Waals surface area contributed by atoms with E-state index >= 15 is 0 Å². The normalized spacial score (nSPS) is 34.8. The van der Waals surface area contributed by atoms with E-state index in [-0.39, 0.29) is 46.6 Å². The molecule has 0 aromatic heterocycles. The lowest BCUT2D eigenvalue weighted by atomic mass is 9.56. The number of ether oxygens (including phenoxy) is 1. The molecule has 23 heavy (non-hydrogen) atoms. The van der Waals surface area contributed by atoms with Gasteiger partial charge in [0.05, 0.1) is 5.92 Å². The summed E-state index contributed by atoms with van der Waals surface area (Å²) in [5.74, 6) is -0.297. The van der Waals surface area contributed by atoms with E-state index in [0.29, 0.717) is 6.42 Å². The number of esters is 1. The molecule has 132 valence electrons. The molecule has 4 atom stereocenters. The van der Waals surface area contributed by atoms with E-state index in [4.69, 9.17) is 10.5 Å². The molecule has 0 heterocycles. The van der Waals surface area contributed by atoms with Crippen LogP contribution in [0.2, 0.25) is 0 Å². The first-order chi connectivity index (χ1) is 10.3. The van der Waals surface area contributed by atoms with Crippen molar-refractivity contribution in [1.82, 2.24) is 5.32 Å². The Morgan fingerprint density at radius 2 is 1.61 bits per heavy atom. The molecule has 0 aromatic carbocycles. The average molecular weight is 324 g/mol. The second kappa shape index (κ2) is 5.47. The summed E-state index contributed by atoms with van der Waals surface area (Å²) in [6.07, 6.45) is 1.38. The highest BCUT2D eigenvalue weighted by Gasteiger charge is 2.56. The van der Waals surface area contributed by atoms with Gasteiger partial charge in [0.2, 0.25) is 5.91 Å². The maximum atomic E-state index is 12.5. The first kappa shape index (κ1) is 18.2. The molecule has 0 aromatic rings. The Morgan fingerprint density at radius 3 is 2.00 bits per heavy atom. The van der Waals surface area contributed by atoms with Crippen LogP contribution in [0.3, 0.4) is 0 Å². The molecule has 0 spiro atoms. The van der Waals surface area contributed by atoms with E-state index in [1.807, 2.05) is 48.5 Å². The molecule has 5 heteroatoms. The summed E-state index contributed by atoms with van der Waals surface area (Å²) in [6.45, 7) is 13.7. The zero-order chi connectivity index (χ0) is 17.8. The Bertz CT molecular complexity index is 505. The lowest BCUT2D eigenvalue weighted by Gasteiger charge is -2.54. The summed E-state index contributed by atoms with van der Waals surface area (Å²) < 4.78 is 5.49. The van der Waals surface area contributed by atoms with Crippen molar-refractivity contribution in [3.63, 3.8) is 0 Å². The Balaban J connectivity index is 1.92. The summed E-state index contributed by atoms with van der Waals surface area (Å²) in [5, 5.41) is 3.13. The van der Waals surface area contributed by atoms with E-state index in [1.165, 1.54) is 0 Å². The van der Waals surface area contributed by atoms with Gasteiger partial charge in [-0.3, -0.25) is 9.59 Å². The predicted octanol–water partition coefficient (Wildman–Crippen LogP) is 2.23. The maximum Gasteiger partial charge on any atom is 0.310 e. The van der Waals surface area contributed by atoms with Crippen molar-refractivity contribution in [3.05, 3.63) is 0 Å². The second-order valence-electron chi connectivity index (χ2n) is 9.42. The highest BCUT2D eigenvalue weighted by atomic mass is 16.6. The molecule has 2 aliphatic carbocycles. The lowest BCUT2D eigenvalue weighted by Crippen LogP contribution is -2.65. The molecule has 2 rings (SSSR count). The fraction of sp³-hybridized carbons (Fsp3) is 0.889. The third-order valence-corrected chi connectivity index (χ3v) is 5.94. The molecule has 3 N–H and O–H groups in total. The molecular formula is C18H32N2O3. The van der Waals surface area contributed by atoms with Gasteiger partial charge in [-0.25, -0.2) is 0 Å². The predicted molar refractivity (Wildman–Crippen MR) is 89.5 cm³/mol. The fourth-order valence-electron chi connectivity index (χ4n) is 3.62. The van der Waals surface area contributed by atoms with Crippen LogP contribution in [0.1, 0.15) is 61.3 Å². The average Bonchev–Trinajstić information content (AvgIpc) is 2.37. The van der Waals surface area contributed by atoms with Crippen LogP contribution in [0.25, 0.3) is 0 Å². The van der Waals surface area contributed by atoms with Gasteiger partial charge in [0, 0.05) is 18.0 Å². The molecule has 2 saturated carbocycles. The summed E-state index contributed by atoms with van der Waals surface area (Å²) in [6, 6.07) is 0.0994. The topological polar surface area (TPSA) is 81.4 Å². The first-order valence-electron chi connectivity index (χ1n) is 8.55. The molecule has 1 amide bonds. The molecular weight excluding hydrogens is 292 g/mol. The number of hydrogen-bond donors (Lipinski definition) is 2. The minimum Gasteiger partial charge on any atom is -0.460 e. The van der Waals surface area contributed by atoms with Crippen molar-refractivity contribution < 1.29 is 14.3 Å². The molecule has 2 aliphatic rings. The molecule has 0 radical (unpaired) electrons. The van der Waals surface area contributed by atoms with E-state index < -0.39 is 5.60 Å². The van der Waals surface area contributed by atoms with Gasteiger partial charge in [0.1, 0.15) is 5.60 Å². The van der Waals surface area contributed by atoms with E-state index in [2.05, 4.69) is 5.32 Å². The molecule has 0 bridgehead atoms. The number of carbonyl (C=O) groups is 2. The molecule has 0 aliphatic heterocycles. The van der Waals surface area contributed by atoms with Gasteiger partial charge in [0.25, 0.3) is 0 Å². The summed E-state index contributed by atoms with van der Waals surface area (Å²) in [4.78, 5) is 24.8. The second-order valence-corrected chi connectivity index (χ2v) is 9.42. The van der Waals surface area contributed by atoms with Crippen LogP contribution in [0.5, 0.6) is 0 Å². The largest absolute Gasteiger partial charge is 0.460 e. The fourth-order valence-corrected chi connectivity index (χ4v) is 3.62. The van der Waals surface area contributed by atoms with Crippen LogP contribution in [0.4, 0.5) is 0 Å². The Hall–Kier alpha value is -1.10. The third-order valence-electron chi connectivity index (χ3n) is 5.94. The number of rotatable bonds is 3. The highest BCUT2D eigenvalue weighted by Crippen LogP contribution is 2.49. The van der Waals surface area contributed by atoms with Gasteiger partial charge in [-0.05, 0) is 44.4 Å². The van der Waals surface area contributed by atoms with Crippen LogP contribution < -0.4 is 11.1 Å². The number of nitrogens with two attached hydrogens (primary N) is 1. The Morgan fingerprint density at radius 1 is 1.04 bits per heavy atom. The van der Waals surface area contributed by atoms with Crippen molar-refractivity contribution in [2.75, 3.05) is 0 Å². The van der Waals surface area contributed by atoms with Gasteiger partial charge >= 0.3 is 5.97 Å². The zero-order valence-corrected chi connectivity index (χ0v) is 15.5. The molecule has 2 fully saturated rings. The number of nitrogens with one attached hydrogen (secondary N) is 1. The standard InChI is InChI=1S/C18H32N2O3/c1-16(2,3)23-15(22)11-9-13(18(11,6)7)20-14(21)10-8-12(19)17(10,4)5/h10-13H,8-9,19H2,1-7H3,(H,20,21)/t10-,11+,12-,13+/m0/s1. The van der Waals surface area contributed by atoms with Gasteiger partial charge in [-0.2, -0.15) is 0 Å². The Kier molecular flexibility index (Phi) is 4.34. The third kappa shape index (κ3) is 3.25. The van der Waals surface area contributed by atoms with Crippen LogP contribution in [-0.4, -0.2) is 29.6 Å². The lowest BCUT2D eigenvalue weighted by molar-refractivity contribution is -0.175. The quantitative estimate of drug-likeness (QED) is 0.780. The van der Waals surface area contributed by atoms with E-state index in [9.17, 15) is 9.59 Å². The summed E-state index contributed by atoms with van der Waals surface area (Å²) >= 11 is 0. The van der Waals surface area contributed by atoms with Crippen LogP contribution >= 0.6 is 0 Å². The van der Waals surface area contributed by atoms with Crippen molar-refractivity contribution >= 4 is 11.9 Å². The maximum absolute atomic E-state index is 12.5. The smallest absolute Gasteiger partial charge is 0.310 e. The van der Waals surface area contributed by atoms with Crippen molar-refractivity contribution in [2.24, 2.45) is 28.4 Å². The SMILES string of the molecule is CC(C)(C)OC(=O)[C@H]1C[C@@H](NC(=O)[C@@H]2C[C@H](N)C2(C)C)C1(C)C. The molecule has 5 nitrogen and oxygen atoms in total. The molecule has 0 saturated heterocycles. The summed E-state index contributed by atoms with van der Waals surface area (Å²) in [5.41, 5.74) is 5.08. The number of carbonyl (C=O) groups excluding carboxylic acids is 2. The minimum atomic E-state index is -0.479. The van der Waals surface area contributed by atoms with Crippen molar-refractivity contribution in [3.8, 4) is 0 Å². The minimum absolute atomic E-state index is 0.0140. The van der Waals surface area contributed by atoms with Crippen LogP contribution in [-0.2, 0) is 14.3 Å². The van der Waals surface area contributed by atoms with E-state index in [0.717, 1.165) is 6.42 Å².